The van der Waals surface area contributed by atoms with Gasteiger partial charge in [0.05, 0.1) is 18.5 Å². The zero-order chi connectivity index (χ0) is 13.8. The van der Waals surface area contributed by atoms with Gasteiger partial charge in [0.1, 0.15) is 10.8 Å². The molecule has 0 aliphatic carbocycles. The number of pyridine rings is 1. The van der Waals surface area contributed by atoms with Crippen molar-refractivity contribution in [1.82, 2.24) is 15.2 Å². The summed E-state index contributed by atoms with van der Waals surface area (Å²) in [4.78, 5) is 6.21. The van der Waals surface area contributed by atoms with Gasteiger partial charge in [-0.25, -0.2) is 0 Å². The molecular weight excluding hydrogens is 260 g/mol. The quantitative estimate of drug-likeness (QED) is 0.786. The van der Waals surface area contributed by atoms with E-state index in [2.05, 4.69) is 21.8 Å². The van der Waals surface area contributed by atoms with Gasteiger partial charge < -0.3 is 9.64 Å². The third-order valence-electron chi connectivity index (χ3n) is 2.47. The Bertz CT molecular complexity index is 580. The molecule has 0 fully saturated rings. The molecule has 2 heterocycles. The van der Waals surface area contributed by atoms with Gasteiger partial charge in [-0.2, -0.15) is 0 Å². The van der Waals surface area contributed by atoms with Crippen LogP contribution in [0.4, 0.5) is 5.69 Å². The van der Waals surface area contributed by atoms with E-state index in [4.69, 9.17) is 4.74 Å². The lowest BCUT2D eigenvalue weighted by molar-refractivity contribution is 0.298. The Kier molecular flexibility index (Phi) is 4.11. The van der Waals surface area contributed by atoms with Crippen LogP contribution in [0.15, 0.2) is 25.0 Å². The van der Waals surface area contributed by atoms with Crippen molar-refractivity contribution in [2.45, 2.75) is 6.92 Å². The number of rotatable bonds is 5. The lowest BCUT2D eigenvalue weighted by Gasteiger charge is -2.11. The number of anilines is 1. The molecule has 0 N–H and O–H groups in total. The van der Waals surface area contributed by atoms with E-state index in [-0.39, 0.29) is 0 Å². The highest BCUT2D eigenvalue weighted by Gasteiger charge is 2.11. The summed E-state index contributed by atoms with van der Waals surface area (Å²) in [5.74, 6) is 0.558. The van der Waals surface area contributed by atoms with Gasteiger partial charge in [0.25, 0.3) is 0 Å². The van der Waals surface area contributed by atoms with Crippen LogP contribution in [0.5, 0.6) is 0 Å². The van der Waals surface area contributed by atoms with E-state index in [0.29, 0.717) is 17.4 Å². The van der Waals surface area contributed by atoms with E-state index in [1.165, 1.54) is 11.3 Å². The Balaban J connectivity index is 2.27. The van der Waals surface area contributed by atoms with Gasteiger partial charge in [-0.15, -0.1) is 10.2 Å². The highest BCUT2D eigenvalue weighted by atomic mass is 32.1. The zero-order valence-corrected chi connectivity index (χ0v) is 12.1. The van der Waals surface area contributed by atoms with Crippen LogP contribution in [-0.4, -0.2) is 35.9 Å². The molecule has 6 heteroatoms. The smallest absolute Gasteiger partial charge is 0.182 e. The average Bonchev–Trinajstić information content (AvgIpc) is 2.89. The molecule has 0 saturated heterocycles. The largest absolute Gasteiger partial charge is 0.491 e. The third-order valence-corrected chi connectivity index (χ3v) is 3.48. The van der Waals surface area contributed by atoms with Crippen molar-refractivity contribution in [2.75, 3.05) is 25.6 Å². The molecule has 5 nitrogen and oxygen atoms in total. The van der Waals surface area contributed by atoms with Crippen LogP contribution in [0.1, 0.15) is 11.9 Å². The minimum atomic E-state index is 0.558. The van der Waals surface area contributed by atoms with Crippen LogP contribution in [0.3, 0.4) is 0 Å². The number of ether oxygens (including phenoxy) is 1. The minimum Gasteiger partial charge on any atom is -0.491 e. The number of hydrogen-bond acceptors (Lipinski definition) is 6. The first-order chi connectivity index (χ1) is 9.11. The normalized spacial score (nSPS) is 10.3. The first-order valence-electron chi connectivity index (χ1n) is 5.90. The van der Waals surface area contributed by atoms with Crippen molar-refractivity contribution in [3.8, 4) is 10.6 Å². The summed E-state index contributed by atoms with van der Waals surface area (Å²) in [5.41, 5.74) is 1.97. The van der Waals surface area contributed by atoms with Crippen LogP contribution in [0, 0.1) is 0 Å². The molecule has 2 aromatic heterocycles. The van der Waals surface area contributed by atoms with E-state index >= 15 is 0 Å². The monoisotopic (exact) mass is 276 g/mol. The number of hydrogen-bond donors (Lipinski definition) is 0. The Morgan fingerprint density at radius 1 is 1.37 bits per heavy atom. The Labute approximate surface area is 116 Å². The molecule has 0 radical (unpaired) electrons. The number of nitrogens with zero attached hydrogens (tertiary/aromatic N) is 4. The molecule has 0 unspecified atom stereocenters. The van der Waals surface area contributed by atoms with E-state index in [9.17, 15) is 0 Å². The minimum absolute atomic E-state index is 0.558. The summed E-state index contributed by atoms with van der Waals surface area (Å²) in [6.07, 6.45) is 3.59. The van der Waals surface area contributed by atoms with Crippen LogP contribution in [0.2, 0.25) is 0 Å². The highest BCUT2D eigenvalue weighted by Crippen LogP contribution is 2.28. The summed E-state index contributed by atoms with van der Waals surface area (Å²) in [6.45, 7) is 6.32. The Morgan fingerprint density at radius 2 is 2.16 bits per heavy atom. The molecule has 2 aromatic rings. The van der Waals surface area contributed by atoms with Gasteiger partial charge in [-0.05, 0) is 13.0 Å². The van der Waals surface area contributed by atoms with Gasteiger partial charge in [0.15, 0.2) is 5.01 Å². The van der Waals surface area contributed by atoms with E-state index < -0.39 is 0 Å². The van der Waals surface area contributed by atoms with Crippen molar-refractivity contribution in [1.29, 1.82) is 0 Å². The summed E-state index contributed by atoms with van der Waals surface area (Å²) in [7, 11) is 3.95. The SMILES string of the molecule is C=C(OCC)c1nnc(-c2cncc(N(C)C)c2)s1. The second-order valence-corrected chi connectivity index (χ2v) is 5.07. The van der Waals surface area contributed by atoms with Crippen LogP contribution >= 0.6 is 11.3 Å². The van der Waals surface area contributed by atoms with Crippen molar-refractivity contribution in [3.63, 3.8) is 0 Å². The van der Waals surface area contributed by atoms with Gasteiger partial charge in [0, 0.05) is 25.9 Å². The molecule has 0 bridgehead atoms. The van der Waals surface area contributed by atoms with Crippen LogP contribution < -0.4 is 4.90 Å². The molecule has 0 aromatic carbocycles. The number of aromatic nitrogens is 3. The van der Waals surface area contributed by atoms with Gasteiger partial charge in [0.2, 0.25) is 0 Å². The molecule has 100 valence electrons. The average molecular weight is 276 g/mol. The summed E-state index contributed by atoms with van der Waals surface area (Å²) >= 11 is 1.45. The van der Waals surface area contributed by atoms with Crippen molar-refractivity contribution >= 4 is 22.8 Å². The van der Waals surface area contributed by atoms with E-state index in [1.54, 1.807) is 6.20 Å². The summed E-state index contributed by atoms with van der Waals surface area (Å²) in [5, 5.41) is 9.76. The third kappa shape index (κ3) is 3.08. The molecule has 0 aliphatic rings. The molecular formula is C13H16N4OS. The van der Waals surface area contributed by atoms with E-state index in [0.717, 1.165) is 16.3 Å². The maximum Gasteiger partial charge on any atom is 0.182 e. The highest BCUT2D eigenvalue weighted by molar-refractivity contribution is 7.15. The second kappa shape index (κ2) is 5.79. The predicted octanol–water partition coefficient (Wildman–Crippen LogP) is 2.67. The first-order valence-corrected chi connectivity index (χ1v) is 6.71. The Morgan fingerprint density at radius 3 is 2.84 bits per heavy atom. The van der Waals surface area contributed by atoms with Gasteiger partial charge in [-0.3, -0.25) is 4.98 Å². The zero-order valence-electron chi connectivity index (χ0n) is 11.3. The van der Waals surface area contributed by atoms with Crippen LogP contribution in [-0.2, 0) is 4.74 Å². The Hall–Kier alpha value is -1.95. The fourth-order valence-corrected chi connectivity index (χ4v) is 2.23. The fraction of sp³-hybridized carbons (Fsp3) is 0.308. The lowest BCUT2D eigenvalue weighted by atomic mass is 10.2. The predicted molar refractivity (Wildman–Crippen MR) is 78.1 cm³/mol. The lowest BCUT2D eigenvalue weighted by Crippen LogP contribution is -2.08. The van der Waals surface area contributed by atoms with Crippen LogP contribution in [0.25, 0.3) is 16.3 Å². The van der Waals surface area contributed by atoms with Crippen molar-refractivity contribution in [2.24, 2.45) is 0 Å². The topological polar surface area (TPSA) is 51.1 Å². The van der Waals surface area contributed by atoms with Crippen molar-refractivity contribution < 1.29 is 4.74 Å². The maximum atomic E-state index is 5.33. The molecule has 0 saturated carbocycles. The molecule has 0 atom stereocenters. The summed E-state index contributed by atoms with van der Waals surface area (Å²) in [6, 6.07) is 2.03. The standard InChI is InChI=1S/C13H16N4OS/c1-5-18-9(2)12-15-16-13(19-12)10-6-11(17(3)4)8-14-7-10/h6-8H,2,5H2,1,3-4H3. The maximum absolute atomic E-state index is 5.33. The first kappa shape index (κ1) is 13.5. The second-order valence-electron chi connectivity index (χ2n) is 4.09. The van der Waals surface area contributed by atoms with E-state index in [1.807, 2.05) is 38.2 Å². The fourth-order valence-electron chi connectivity index (χ4n) is 1.48. The van der Waals surface area contributed by atoms with Gasteiger partial charge >= 0.3 is 0 Å². The molecule has 0 spiro atoms. The molecule has 0 amide bonds. The molecule has 19 heavy (non-hydrogen) atoms. The summed E-state index contributed by atoms with van der Waals surface area (Å²) < 4.78 is 5.33. The molecule has 2 rings (SSSR count). The molecule has 0 aliphatic heterocycles. The van der Waals surface area contributed by atoms with Crippen molar-refractivity contribution in [3.05, 3.63) is 30.0 Å². The van der Waals surface area contributed by atoms with Gasteiger partial charge in [-0.1, -0.05) is 17.9 Å².